The standard InChI is InChI=1S/C30H41F2N3O4/c1-19(36)34-26(15-20-13-23(31)17-24(32)14-20)27(37)18-33-30(11-9-25(10-12-30)35-28(38)39-5)22-8-6-7-21(16-22)29(2,3)4/h6-8,13-14,16-17,25-27,33,37H,9-12,15,18H2,1-5H3,(H,34,36)(H,35,38)/t25?,26-,27+,30?/m0/s1. The summed E-state index contributed by atoms with van der Waals surface area (Å²) < 4.78 is 32.3. The van der Waals surface area contributed by atoms with Crippen molar-refractivity contribution < 1.29 is 28.2 Å². The molecule has 39 heavy (non-hydrogen) atoms. The lowest BCUT2D eigenvalue weighted by molar-refractivity contribution is -0.120. The van der Waals surface area contributed by atoms with Gasteiger partial charge in [0.2, 0.25) is 5.91 Å². The van der Waals surface area contributed by atoms with Crippen LogP contribution in [-0.4, -0.2) is 48.9 Å². The molecule has 0 heterocycles. The molecule has 0 spiro atoms. The monoisotopic (exact) mass is 545 g/mol. The van der Waals surface area contributed by atoms with Gasteiger partial charge in [-0.05, 0) is 66.3 Å². The molecule has 214 valence electrons. The van der Waals surface area contributed by atoms with E-state index in [9.17, 15) is 23.5 Å². The number of benzene rings is 2. The maximum absolute atomic E-state index is 13.8. The van der Waals surface area contributed by atoms with Crippen molar-refractivity contribution in [3.8, 4) is 0 Å². The van der Waals surface area contributed by atoms with Crippen molar-refractivity contribution >= 4 is 12.0 Å². The molecule has 1 aliphatic carbocycles. The van der Waals surface area contributed by atoms with Crippen molar-refractivity contribution in [1.29, 1.82) is 0 Å². The van der Waals surface area contributed by atoms with Crippen molar-refractivity contribution in [2.45, 2.75) is 88.9 Å². The first kappa shape index (κ1) is 30.5. The lowest BCUT2D eigenvalue weighted by Crippen LogP contribution is -2.54. The average molecular weight is 546 g/mol. The molecule has 1 saturated carbocycles. The topological polar surface area (TPSA) is 99.7 Å². The van der Waals surface area contributed by atoms with E-state index in [0.717, 1.165) is 11.6 Å². The van der Waals surface area contributed by atoms with E-state index >= 15 is 0 Å². The number of aliphatic hydroxyl groups excluding tert-OH is 1. The van der Waals surface area contributed by atoms with Crippen LogP contribution in [0.1, 0.15) is 70.1 Å². The number of alkyl carbamates (subject to hydrolysis) is 1. The van der Waals surface area contributed by atoms with Crippen LogP contribution in [-0.2, 0) is 26.9 Å². The fraction of sp³-hybridized carbons (Fsp3) is 0.533. The van der Waals surface area contributed by atoms with Gasteiger partial charge in [0.15, 0.2) is 0 Å². The van der Waals surface area contributed by atoms with Crippen LogP contribution >= 0.6 is 0 Å². The summed E-state index contributed by atoms with van der Waals surface area (Å²) in [6.45, 7) is 7.94. The Morgan fingerprint density at radius 2 is 1.74 bits per heavy atom. The summed E-state index contributed by atoms with van der Waals surface area (Å²) in [5.41, 5.74) is 2.06. The summed E-state index contributed by atoms with van der Waals surface area (Å²) >= 11 is 0. The van der Waals surface area contributed by atoms with E-state index in [2.05, 4.69) is 54.9 Å². The molecule has 0 unspecified atom stereocenters. The van der Waals surface area contributed by atoms with Crippen LogP contribution in [0, 0.1) is 11.6 Å². The van der Waals surface area contributed by atoms with Gasteiger partial charge in [-0.2, -0.15) is 0 Å². The number of aliphatic hydroxyl groups is 1. The van der Waals surface area contributed by atoms with Gasteiger partial charge in [0.05, 0.1) is 19.3 Å². The van der Waals surface area contributed by atoms with E-state index in [1.165, 1.54) is 31.7 Å². The molecular formula is C30H41F2N3O4. The largest absolute Gasteiger partial charge is 0.453 e. The smallest absolute Gasteiger partial charge is 0.407 e. The number of hydrogen-bond acceptors (Lipinski definition) is 5. The number of hydrogen-bond donors (Lipinski definition) is 4. The molecule has 0 saturated heterocycles. The minimum absolute atomic E-state index is 0.0295. The Kier molecular flexibility index (Phi) is 10.1. The van der Waals surface area contributed by atoms with Gasteiger partial charge in [-0.1, -0.05) is 45.0 Å². The second kappa shape index (κ2) is 12.9. The maximum atomic E-state index is 13.8. The Balaban J connectivity index is 1.84. The molecule has 0 aliphatic heterocycles. The Morgan fingerprint density at radius 1 is 1.10 bits per heavy atom. The summed E-state index contributed by atoms with van der Waals surface area (Å²) in [5.74, 6) is -1.78. The third-order valence-corrected chi connectivity index (χ3v) is 7.51. The highest BCUT2D eigenvalue weighted by molar-refractivity contribution is 5.73. The first-order chi connectivity index (χ1) is 18.3. The Hall–Kier alpha value is -3.04. The maximum Gasteiger partial charge on any atom is 0.407 e. The van der Waals surface area contributed by atoms with E-state index in [-0.39, 0.29) is 30.3 Å². The zero-order valence-corrected chi connectivity index (χ0v) is 23.4. The SMILES string of the molecule is COC(=O)NC1CCC(NC[C@@H](O)[C@H](Cc2cc(F)cc(F)c2)NC(C)=O)(c2cccc(C(C)(C)C)c2)CC1. The Bertz CT molecular complexity index is 1120. The third kappa shape index (κ3) is 8.47. The van der Waals surface area contributed by atoms with E-state index in [4.69, 9.17) is 4.74 Å². The molecule has 0 aromatic heterocycles. The van der Waals surface area contributed by atoms with E-state index in [0.29, 0.717) is 31.2 Å². The van der Waals surface area contributed by atoms with Gasteiger partial charge >= 0.3 is 6.09 Å². The number of amides is 2. The number of rotatable bonds is 9. The van der Waals surface area contributed by atoms with Gasteiger partial charge in [0.25, 0.3) is 0 Å². The van der Waals surface area contributed by atoms with Crippen LogP contribution in [0.25, 0.3) is 0 Å². The number of methoxy groups -OCH3 is 1. The Labute approximate surface area is 229 Å². The zero-order chi connectivity index (χ0) is 28.8. The zero-order valence-electron chi connectivity index (χ0n) is 23.4. The number of halogens is 2. The number of carbonyl (C=O) groups is 2. The van der Waals surface area contributed by atoms with Crippen LogP contribution in [0.5, 0.6) is 0 Å². The summed E-state index contributed by atoms with van der Waals surface area (Å²) in [6.07, 6.45) is 1.37. The summed E-state index contributed by atoms with van der Waals surface area (Å²) in [5, 5.41) is 20.4. The van der Waals surface area contributed by atoms with Gasteiger partial charge in [-0.25, -0.2) is 13.6 Å². The van der Waals surface area contributed by atoms with Crippen LogP contribution in [0.4, 0.5) is 13.6 Å². The predicted octanol–water partition coefficient (Wildman–Crippen LogP) is 4.45. The number of nitrogens with one attached hydrogen (secondary N) is 3. The van der Waals surface area contributed by atoms with Crippen molar-refractivity contribution in [3.05, 3.63) is 70.8 Å². The van der Waals surface area contributed by atoms with Crippen LogP contribution in [0.2, 0.25) is 0 Å². The molecule has 2 atom stereocenters. The van der Waals surface area contributed by atoms with E-state index in [1.807, 2.05) is 6.07 Å². The molecular weight excluding hydrogens is 504 g/mol. The summed E-state index contributed by atoms with van der Waals surface area (Å²) in [6, 6.07) is 10.8. The quantitative estimate of drug-likeness (QED) is 0.373. The van der Waals surface area contributed by atoms with Crippen molar-refractivity contribution in [1.82, 2.24) is 16.0 Å². The van der Waals surface area contributed by atoms with E-state index < -0.39 is 35.4 Å². The van der Waals surface area contributed by atoms with Crippen LogP contribution in [0.3, 0.4) is 0 Å². The van der Waals surface area contributed by atoms with Crippen LogP contribution in [0.15, 0.2) is 42.5 Å². The second-order valence-electron chi connectivity index (χ2n) is 11.6. The lowest BCUT2D eigenvalue weighted by Gasteiger charge is -2.43. The summed E-state index contributed by atoms with van der Waals surface area (Å²) in [4.78, 5) is 23.7. The molecule has 7 nitrogen and oxygen atoms in total. The molecule has 9 heteroatoms. The van der Waals surface area contributed by atoms with Gasteiger partial charge in [0.1, 0.15) is 11.6 Å². The fourth-order valence-electron chi connectivity index (χ4n) is 5.30. The highest BCUT2D eigenvalue weighted by atomic mass is 19.1. The number of ether oxygens (including phenoxy) is 1. The molecule has 2 amide bonds. The molecule has 0 bridgehead atoms. The molecule has 3 rings (SSSR count). The highest BCUT2D eigenvalue weighted by Gasteiger charge is 2.38. The first-order valence-corrected chi connectivity index (χ1v) is 13.4. The molecule has 2 aromatic carbocycles. The van der Waals surface area contributed by atoms with Crippen molar-refractivity contribution in [2.24, 2.45) is 0 Å². The predicted molar refractivity (Wildman–Crippen MR) is 146 cm³/mol. The molecule has 0 radical (unpaired) electrons. The number of carbonyl (C=O) groups excluding carboxylic acids is 2. The lowest BCUT2D eigenvalue weighted by atomic mass is 9.73. The minimum atomic E-state index is -1.03. The van der Waals surface area contributed by atoms with Crippen LogP contribution < -0.4 is 16.0 Å². The third-order valence-electron chi connectivity index (χ3n) is 7.51. The minimum Gasteiger partial charge on any atom is -0.453 e. The normalized spacial score (nSPS) is 21.1. The van der Waals surface area contributed by atoms with Gasteiger partial charge in [-0.3, -0.25) is 4.79 Å². The molecule has 4 N–H and O–H groups in total. The molecule has 1 fully saturated rings. The van der Waals surface area contributed by atoms with Gasteiger partial charge in [-0.15, -0.1) is 0 Å². The highest BCUT2D eigenvalue weighted by Crippen LogP contribution is 2.39. The first-order valence-electron chi connectivity index (χ1n) is 13.4. The van der Waals surface area contributed by atoms with Gasteiger partial charge < -0.3 is 25.8 Å². The summed E-state index contributed by atoms with van der Waals surface area (Å²) in [7, 11) is 1.34. The fourth-order valence-corrected chi connectivity index (χ4v) is 5.30. The van der Waals surface area contributed by atoms with Gasteiger partial charge in [0, 0.05) is 31.1 Å². The molecule has 2 aromatic rings. The van der Waals surface area contributed by atoms with Crippen molar-refractivity contribution in [3.63, 3.8) is 0 Å². The average Bonchev–Trinajstić information content (AvgIpc) is 2.86. The van der Waals surface area contributed by atoms with Crippen molar-refractivity contribution in [2.75, 3.05) is 13.7 Å². The second-order valence-corrected chi connectivity index (χ2v) is 11.6. The van der Waals surface area contributed by atoms with E-state index in [1.54, 1.807) is 0 Å². The molecule has 1 aliphatic rings. The Morgan fingerprint density at radius 3 is 2.31 bits per heavy atom.